The fourth-order valence-electron chi connectivity index (χ4n) is 1.57. The van der Waals surface area contributed by atoms with Crippen LogP contribution in [0.2, 0.25) is 5.02 Å². The molecule has 1 aromatic carbocycles. The second kappa shape index (κ2) is 6.98. The van der Waals surface area contributed by atoms with Gasteiger partial charge in [-0.3, -0.25) is 25.0 Å². The summed E-state index contributed by atoms with van der Waals surface area (Å²) in [7, 11) is 0. The maximum Gasteiger partial charge on any atom is 0.295 e. The molecule has 0 aliphatic heterocycles. The Labute approximate surface area is 125 Å². The molecule has 0 spiro atoms. The van der Waals surface area contributed by atoms with Gasteiger partial charge in [0.1, 0.15) is 5.02 Å². The Balaban J connectivity index is 3.12. The second-order valence-corrected chi connectivity index (χ2v) is 5.16. The van der Waals surface area contributed by atoms with Gasteiger partial charge in [-0.1, -0.05) is 25.4 Å². The number of amides is 1. The summed E-state index contributed by atoms with van der Waals surface area (Å²) < 4.78 is 0. The fourth-order valence-corrected chi connectivity index (χ4v) is 1.83. The van der Waals surface area contributed by atoms with E-state index in [4.69, 9.17) is 11.6 Å². The lowest BCUT2D eigenvalue weighted by atomic mass is 10.1. The van der Waals surface area contributed by atoms with Crippen molar-refractivity contribution in [2.75, 3.05) is 6.54 Å². The molecule has 0 heterocycles. The molecule has 9 heteroatoms. The molecular weight excluding hydrogens is 302 g/mol. The molecule has 114 valence electrons. The van der Waals surface area contributed by atoms with Crippen molar-refractivity contribution in [3.8, 4) is 0 Å². The van der Waals surface area contributed by atoms with E-state index in [2.05, 4.69) is 5.32 Å². The predicted molar refractivity (Wildman–Crippen MR) is 76.5 cm³/mol. The average molecular weight is 316 g/mol. The van der Waals surface area contributed by atoms with Gasteiger partial charge in [0.15, 0.2) is 0 Å². The zero-order chi connectivity index (χ0) is 16.2. The summed E-state index contributed by atoms with van der Waals surface area (Å²) in [5, 5.41) is 23.7. The number of carbonyl (C=O) groups excluding carboxylic acids is 1. The lowest BCUT2D eigenvalue weighted by Gasteiger charge is -2.08. The molecule has 0 unspecified atom stereocenters. The van der Waals surface area contributed by atoms with Crippen LogP contribution in [-0.4, -0.2) is 22.3 Å². The van der Waals surface area contributed by atoms with Crippen LogP contribution in [0.3, 0.4) is 0 Å². The van der Waals surface area contributed by atoms with Gasteiger partial charge in [0.05, 0.1) is 21.5 Å². The molecule has 21 heavy (non-hydrogen) atoms. The second-order valence-electron chi connectivity index (χ2n) is 4.78. The molecule has 1 amide bonds. The zero-order valence-electron chi connectivity index (χ0n) is 11.5. The Morgan fingerprint density at radius 1 is 1.29 bits per heavy atom. The third-order valence-corrected chi connectivity index (χ3v) is 3.09. The average Bonchev–Trinajstić information content (AvgIpc) is 2.37. The Morgan fingerprint density at radius 2 is 1.90 bits per heavy atom. The van der Waals surface area contributed by atoms with Crippen molar-refractivity contribution >= 4 is 28.9 Å². The summed E-state index contributed by atoms with van der Waals surface area (Å²) in [5.74, 6) is -0.312. The molecule has 1 N–H and O–H groups in total. The van der Waals surface area contributed by atoms with E-state index in [1.54, 1.807) is 0 Å². The normalized spacial score (nSPS) is 10.5. The minimum Gasteiger partial charge on any atom is -0.352 e. The highest BCUT2D eigenvalue weighted by molar-refractivity contribution is 6.36. The number of hydrogen-bond donors (Lipinski definition) is 1. The van der Waals surface area contributed by atoms with Crippen molar-refractivity contribution in [3.63, 3.8) is 0 Å². The summed E-state index contributed by atoms with van der Waals surface area (Å²) in [6, 6.07) is 1.66. The van der Waals surface area contributed by atoms with Crippen molar-refractivity contribution in [3.05, 3.63) is 42.9 Å². The molecule has 0 atom stereocenters. The van der Waals surface area contributed by atoms with E-state index in [0.717, 1.165) is 12.1 Å². The first-order chi connectivity index (χ1) is 9.73. The smallest absolute Gasteiger partial charge is 0.295 e. The maximum atomic E-state index is 12.0. The lowest BCUT2D eigenvalue weighted by Crippen LogP contribution is -2.25. The van der Waals surface area contributed by atoms with Gasteiger partial charge in [-0.2, -0.15) is 0 Å². The number of halogens is 1. The predicted octanol–water partition coefficient (Wildman–Crippen LogP) is 2.93. The van der Waals surface area contributed by atoms with Gasteiger partial charge in [-0.25, -0.2) is 0 Å². The van der Waals surface area contributed by atoms with E-state index in [1.165, 1.54) is 0 Å². The van der Waals surface area contributed by atoms with Crippen molar-refractivity contribution in [1.82, 2.24) is 5.32 Å². The summed E-state index contributed by atoms with van der Waals surface area (Å²) in [5.41, 5.74) is -1.50. The third kappa shape index (κ3) is 4.38. The van der Waals surface area contributed by atoms with E-state index in [9.17, 15) is 25.0 Å². The number of hydrogen-bond acceptors (Lipinski definition) is 5. The number of benzene rings is 1. The third-order valence-electron chi connectivity index (χ3n) is 2.70. The standard InChI is InChI=1S/C12H14ClN3O5/c1-7(2)3-4-14-12(17)9-5-8(15(18)19)6-10(11(9)13)16(20)21/h5-7H,3-4H2,1-2H3,(H,14,17). The van der Waals surface area contributed by atoms with Crippen LogP contribution in [0.4, 0.5) is 11.4 Å². The molecule has 0 radical (unpaired) electrons. The molecule has 1 aromatic rings. The number of nitrogens with one attached hydrogen (secondary N) is 1. The number of nitro benzene ring substituents is 2. The van der Waals surface area contributed by atoms with E-state index in [0.29, 0.717) is 18.9 Å². The first-order valence-corrected chi connectivity index (χ1v) is 6.52. The SMILES string of the molecule is CC(C)CCNC(=O)c1cc([N+](=O)[O-])cc([N+](=O)[O-])c1Cl. The maximum absolute atomic E-state index is 12.0. The van der Waals surface area contributed by atoms with Crippen LogP contribution in [0.5, 0.6) is 0 Å². The van der Waals surface area contributed by atoms with Gasteiger partial charge in [0, 0.05) is 12.6 Å². The molecule has 0 aromatic heterocycles. The molecular formula is C12H14ClN3O5. The molecule has 0 saturated heterocycles. The first-order valence-electron chi connectivity index (χ1n) is 6.14. The molecule has 8 nitrogen and oxygen atoms in total. The van der Waals surface area contributed by atoms with Gasteiger partial charge in [-0.15, -0.1) is 0 Å². The molecule has 0 bridgehead atoms. The van der Waals surface area contributed by atoms with E-state index < -0.39 is 32.2 Å². The number of nitrogens with zero attached hydrogens (tertiary/aromatic N) is 2. The number of non-ortho nitro benzene ring substituents is 1. The molecule has 1 rings (SSSR count). The van der Waals surface area contributed by atoms with Gasteiger partial charge in [0.25, 0.3) is 17.3 Å². The Hall–Kier alpha value is -2.22. The van der Waals surface area contributed by atoms with E-state index >= 15 is 0 Å². The van der Waals surface area contributed by atoms with Gasteiger partial charge in [-0.05, 0) is 12.3 Å². The summed E-state index contributed by atoms with van der Waals surface area (Å²) in [4.78, 5) is 31.9. The van der Waals surface area contributed by atoms with Crippen LogP contribution in [0, 0.1) is 26.1 Å². The summed E-state index contributed by atoms with van der Waals surface area (Å²) in [6.07, 6.45) is 0.709. The van der Waals surface area contributed by atoms with Gasteiger partial charge >= 0.3 is 0 Å². The highest BCUT2D eigenvalue weighted by Crippen LogP contribution is 2.32. The van der Waals surface area contributed by atoms with Gasteiger partial charge in [0.2, 0.25) is 0 Å². The summed E-state index contributed by atoms with van der Waals surface area (Å²) >= 11 is 5.79. The fraction of sp³-hybridized carbons (Fsp3) is 0.417. The molecule has 0 saturated carbocycles. The van der Waals surface area contributed by atoms with Crippen molar-refractivity contribution in [2.24, 2.45) is 5.92 Å². The Bertz CT molecular complexity index is 589. The Morgan fingerprint density at radius 3 is 2.38 bits per heavy atom. The van der Waals surface area contributed by atoms with Crippen molar-refractivity contribution < 1.29 is 14.6 Å². The quantitative estimate of drug-likeness (QED) is 0.640. The zero-order valence-corrected chi connectivity index (χ0v) is 12.2. The van der Waals surface area contributed by atoms with Crippen LogP contribution in [-0.2, 0) is 0 Å². The minimum atomic E-state index is -0.861. The van der Waals surface area contributed by atoms with E-state index in [-0.39, 0.29) is 5.56 Å². The number of carbonyl (C=O) groups is 1. The van der Waals surface area contributed by atoms with E-state index in [1.807, 2.05) is 13.8 Å². The van der Waals surface area contributed by atoms with Crippen LogP contribution in [0.1, 0.15) is 30.6 Å². The highest BCUT2D eigenvalue weighted by Gasteiger charge is 2.26. The highest BCUT2D eigenvalue weighted by atomic mass is 35.5. The Kier molecular flexibility index (Phi) is 5.60. The first kappa shape index (κ1) is 16.8. The van der Waals surface area contributed by atoms with Crippen LogP contribution >= 0.6 is 11.6 Å². The minimum absolute atomic E-state index is 0.277. The molecule has 0 aliphatic carbocycles. The number of nitro groups is 2. The van der Waals surface area contributed by atoms with Crippen LogP contribution < -0.4 is 5.32 Å². The lowest BCUT2D eigenvalue weighted by molar-refractivity contribution is -0.394. The van der Waals surface area contributed by atoms with Crippen molar-refractivity contribution in [2.45, 2.75) is 20.3 Å². The summed E-state index contributed by atoms with van der Waals surface area (Å²) in [6.45, 7) is 4.29. The van der Waals surface area contributed by atoms with Crippen LogP contribution in [0.25, 0.3) is 0 Å². The number of rotatable bonds is 6. The monoisotopic (exact) mass is 315 g/mol. The van der Waals surface area contributed by atoms with Gasteiger partial charge < -0.3 is 5.32 Å². The molecule has 0 fully saturated rings. The molecule has 0 aliphatic rings. The topological polar surface area (TPSA) is 115 Å². The van der Waals surface area contributed by atoms with Crippen molar-refractivity contribution in [1.29, 1.82) is 0 Å². The largest absolute Gasteiger partial charge is 0.352 e. The van der Waals surface area contributed by atoms with Crippen LogP contribution in [0.15, 0.2) is 12.1 Å².